The van der Waals surface area contributed by atoms with Crippen LogP contribution in [0.4, 0.5) is 0 Å². The molecule has 47 heavy (non-hydrogen) atoms. The van der Waals surface area contributed by atoms with Gasteiger partial charge < -0.3 is 10.4 Å². The molecular weight excluding hydrogens is 576 g/mol. The Bertz CT molecular complexity index is 2110. The summed E-state index contributed by atoms with van der Waals surface area (Å²) in [6.45, 7) is 15.0. The summed E-state index contributed by atoms with van der Waals surface area (Å²) < 4.78 is 1.99. The lowest BCUT2D eigenvalue weighted by molar-refractivity contribution is 0.446. The second-order valence-electron chi connectivity index (χ2n) is 14.4. The van der Waals surface area contributed by atoms with Crippen molar-refractivity contribution < 1.29 is 5.11 Å². The Morgan fingerprint density at radius 3 is 2.17 bits per heavy atom. The fourth-order valence-electron chi connectivity index (χ4n) is 6.21. The monoisotopic (exact) mass is 620 g/mol. The van der Waals surface area contributed by atoms with Crippen LogP contribution < -0.4 is 5.32 Å². The third-order valence-corrected chi connectivity index (χ3v) is 9.05. The maximum absolute atomic E-state index is 11.8. The largest absolute Gasteiger partial charge is 0.507 e. The molecule has 0 radical (unpaired) electrons. The first-order chi connectivity index (χ1) is 22.3. The van der Waals surface area contributed by atoms with Crippen molar-refractivity contribution in [2.24, 2.45) is 0 Å². The number of para-hydroxylation sites is 1. The van der Waals surface area contributed by atoms with Gasteiger partial charge in [0.2, 0.25) is 0 Å². The topological polar surface area (TPSA) is 73.9 Å². The molecule has 1 aliphatic rings. The van der Waals surface area contributed by atoms with Gasteiger partial charge in [-0.05, 0) is 70.3 Å². The smallest absolute Gasteiger partial charge is 0.128 e. The maximum atomic E-state index is 11.8. The number of nitrogens with one attached hydrogen (secondary N) is 2. The average Bonchev–Trinajstić information content (AvgIpc) is 3.43. The van der Waals surface area contributed by atoms with E-state index < -0.39 is 0 Å². The van der Waals surface area contributed by atoms with Gasteiger partial charge in [0.1, 0.15) is 11.4 Å². The van der Waals surface area contributed by atoms with E-state index in [0.29, 0.717) is 5.71 Å². The van der Waals surface area contributed by atoms with E-state index in [1.54, 1.807) is 0 Å². The fourth-order valence-corrected chi connectivity index (χ4v) is 6.21. The molecule has 0 atom stereocenters. The van der Waals surface area contributed by atoms with Crippen LogP contribution in [0.1, 0.15) is 65.2 Å². The summed E-state index contributed by atoms with van der Waals surface area (Å²) >= 11 is 0. The van der Waals surface area contributed by atoms with Gasteiger partial charge in [-0.25, -0.2) is 4.68 Å². The third-order valence-electron chi connectivity index (χ3n) is 9.05. The molecule has 0 spiro atoms. The standard InChI is InChI=1S/C42H44N4O/c1-26(44-8)32-18-14-19-33(38(32)43)29-21-28(27-15-10-9-11-16-27)22-31(23-29)46-37-20-13-12-17-34(37)39(45-46)35-24-30(41(2,3)4)25-36(40(35)47)42(5,6)7/h9-25,43-44,47H,1-8H3/b32-26-,43-38?. The molecule has 0 saturated carbocycles. The molecule has 0 amide bonds. The number of allylic oxidation sites excluding steroid dienone is 6. The normalized spacial score (nSPS) is 14.8. The Hall–Kier alpha value is -5.16. The number of phenols is 1. The van der Waals surface area contributed by atoms with Gasteiger partial charge in [-0.1, -0.05) is 114 Å². The Morgan fingerprint density at radius 1 is 0.809 bits per heavy atom. The quantitative estimate of drug-likeness (QED) is 0.183. The van der Waals surface area contributed by atoms with Gasteiger partial charge in [-0.2, -0.15) is 5.10 Å². The molecule has 0 saturated heterocycles. The molecule has 1 heterocycles. The lowest BCUT2D eigenvalue weighted by Gasteiger charge is -2.27. The van der Waals surface area contributed by atoms with Crippen LogP contribution in [0.15, 0.2) is 114 Å². The molecule has 5 nitrogen and oxygen atoms in total. The van der Waals surface area contributed by atoms with Crippen LogP contribution in [0.5, 0.6) is 5.75 Å². The van der Waals surface area contributed by atoms with Crippen molar-refractivity contribution in [3.05, 3.63) is 131 Å². The second-order valence-corrected chi connectivity index (χ2v) is 14.4. The van der Waals surface area contributed by atoms with Crippen LogP contribution in [-0.2, 0) is 10.8 Å². The van der Waals surface area contributed by atoms with E-state index in [1.165, 1.54) is 0 Å². The molecule has 6 rings (SSSR count). The van der Waals surface area contributed by atoms with E-state index in [9.17, 15) is 5.11 Å². The molecule has 5 heteroatoms. The predicted molar refractivity (Wildman–Crippen MR) is 198 cm³/mol. The third kappa shape index (κ3) is 5.94. The minimum absolute atomic E-state index is 0.120. The number of hydrogen-bond donors (Lipinski definition) is 3. The van der Waals surface area contributed by atoms with Crippen molar-refractivity contribution in [1.29, 1.82) is 5.41 Å². The van der Waals surface area contributed by atoms with Crippen molar-refractivity contribution in [1.82, 2.24) is 15.1 Å². The van der Waals surface area contributed by atoms with Crippen LogP contribution in [0, 0.1) is 5.41 Å². The molecular formula is C42H44N4O. The number of aromatic hydroxyl groups is 1. The number of benzene rings is 4. The molecule has 3 N–H and O–H groups in total. The molecule has 238 valence electrons. The van der Waals surface area contributed by atoms with E-state index in [2.05, 4.69) is 101 Å². The highest BCUT2D eigenvalue weighted by Crippen LogP contribution is 2.44. The molecule has 4 aromatic carbocycles. The van der Waals surface area contributed by atoms with Crippen LogP contribution >= 0.6 is 0 Å². The van der Waals surface area contributed by atoms with E-state index in [4.69, 9.17) is 10.5 Å². The molecule has 5 aromatic rings. The highest BCUT2D eigenvalue weighted by atomic mass is 16.3. The van der Waals surface area contributed by atoms with Gasteiger partial charge in [0.05, 0.1) is 16.9 Å². The zero-order valence-electron chi connectivity index (χ0n) is 28.7. The van der Waals surface area contributed by atoms with Gasteiger partial charge in [0.15, 0.2) is 0 Å². The maximum Gasteiger partial charge on any atom is 0.128 e. The van der Waals surface area contributed by atoms with Crippen molar-refractivity contribution >= 4 is 22.2 Å². The summed E-state index contributed by atoms with van der Waals surface area (Å²) in [6.07, 6.45) is 6.01. The summed E-state index contributed by atoms with van der Waals surface area (Å²) in [5.74, 6) is 0.270. The highest BCUT2D eigenvalue weighted by molar-refractivity contribution is 6.32. The minimum Gasteiger partial charge on any atom is -0.507 e. The van der Waals surface area contributed by atoms with E-state index in [1.807, 2.05) is 67.2 Å². The highest BCUT2D eigenvalue weighted by Gasteiger charge is 2.28. The van der Waals surface area contributed by atoms with Crippen molar-refractivity contribution in [2.45, 2.75) is 59.3 Å². The summed E-state index contributed by atoms with van der Waals surface area (Å²) in [6, 6.07) is 29.2. The number of hydrogen-bond acceptors (Lipinski definition) is 4. The first-order valence-electron chi connectivity index (χ1n) is 16.2. The Morgan fingerprint density at radius 2 is 1.49 bits per heavy atom. The summed E-state index contributed by atoms with van der Waals surface area (Å²) in [5.41, 5.74) is 11.2. The SMILES string of the molecule is CN/C(C)=C1/C=CC=C(c2cc(-c3ccccc3)cc(-n3nc(-c4cc(C(C)(C)C)cc(C(C)(C)C)c4O)c4ccccc43)c2)C1=N. The van der Waals surface area contributed by atoms with E-state index in [0.717, 1.165) is 72.5 Å². The first kappa shape index (κ1) is 31.8. The Kier molecular flexibility index (Phi) is 8.05. The molecule has 0 bridgehead atoms. The van der Waals surface area contributed by atoms with Crippen molar-refractivity contribution in [3.8, 4) is 33.8 Å². The lowest BCUT2D eigenvalue weighted by Crippen LogP contribution is -2.17. The van der Waals surface area contributed by atoms with E-state index >= 15 is 0 Å². The molecule has 1 aromatic heterocycles. The fraction of sp³-hybridized carbons (Fsp3) is 0.238. The number of aromatic nitrogens is 2. The lowest BCUT2D eigenvalue weighted by atomic mass is 9.78. The number of rotatable bonds is 5. The predicted octanol–water partition coefficient (Wildman–Crippen LogP) is 10.1. The number of nitrogens with zero attached hydrogens (tertiary/aromatic N) is 2. The van der Waals surface area contributed by atoms with Crippen LogP contribution in [-0.4, -0.2) is 27.6 Å². The van der Waals surface area contributed by atoms with Crippen molar-refractivity contribution in [3.63, 3.8) is 0 Å². The van der Waals surface area contributed by atoms with Crippen LogP contribution in [0.25, 0.3) is 44.5 Å². The van der Waals surface area contributed by atoms with Crippen LogP contribution in [0.2, 0.25) is 0 Å². The molecule has 0 fully saturated rings. The average molecular weight is 621 g/mol. The van der Waals surface area contributed by atoms with Crippen LogP contribution in [0.3, 0.4) is 0 Å². The second kappa shape index (κ2) is 11.9. The minimum atomic E-state index is -0.261. The van der Waals surface area contributed by atoms with Crippen molar-refractivity contribution in [2.75, 3.05) is 7.05 Å². The van der Waals surface area contributed by atoms with E-state index in [-0.39, 0.29) is 16.6 Å². The zero-order valence-corrected chi connectivity index (χ0v) is 28.7. The van der Waals surface area contributed by atoms with Gasteiger partial charge in [-0.15, -0.1) is 0 Å². The zero-order chi connectivity index (χ0) is 33.7. The van der Waals surface area contributed by atoms with Gasteiger partial charge in [0.25, 0.3) is 0 Å². The number of fused-ring (bicyclic) bond motifs is 1. The summed E-state index contributed by atoms with van der Waals surface area (Å²) in [7, 11) is 1.88. The number of phenolic OH excluding ortho intramolecular Hbond substituents is 1. The van der Waals surface area contributed by atoms with Gasteiger partial charge >= 0.3 is 0 Å². The Labute approximate surface area is 278 Å². The molecule has 0 unspecified atom stereocenters. The molecule has 1 aliphatic carbocycles. The van der Waals surface area contributed by atoms with Gasteiger partial charge in [-0.3, -0.25) is 5.41 Å². The summed E-state index contributed by atoms with van der Waals surface area (Å²) in [5, 5.41) is 30.5. The Balaban J connectivity index is 1.62. The first-order valence-corrected chi connectivity index (χ1v) is 16.2. The van der Waals surface area contributed by atoms with Gasteiger partial charge in [0, 0.05) is 40.4 Å². The summed E-state index contributed by atoms with van der Waals surface area (Å²) in [4.78, 5) is 0. The molecule has 0 aliphatic heterocycles.